The van der Waals surface area contributed by atoms with Gasteiger partial charge in [0.1, 0.15) is 0 Å². The zero-order valence-electron chi connectivity index (χ0n) is 9.38. The molecule has 0 N–H and O–H groups in total. The normalized spacial score (nSPS) is 23.8. The van der Waals surface area contributed by atoms with Crippen LogP contribution >= 0.6 is 0 Å². The fourth-order valence-corrected chi connectivity index (χ4v) is 1.79. The van der Waals surface area contributed by atoms with Crippen molar-refractivity contribution < 1.29 is 14.5 Å². The molecule has 1 aliphatic carbocycles. The van der Waals surface area contributed by atoms with Crippen molar-refractivity contribution in [2.75, 3.05) is 7.11 Å². The Morgan fingerprint density at radius 3 is 2.88 bits per heavy atom. The molecule has 2 unspecified atom stereocenters. The molecule has 0 aromatic rings. The second-order valence-electron chi connectivity index (χ2n) is 3.80. The van der Waals surface area contributed by atoms with E-state index >= 15 is 0 Å². The minimum Gasteiger partial charge on any atom is -0.469 e. The lowest BCUT2D eigenvalue weighted by atomic mass is 9.84. The molecule has 0 aromatic heterocycles. The smallest absolute Gasteiger partial charge is 0.305 e. The van der Waals surface area contributed by atoms with Crippen molar-refractivity contribution in [3.63, 3.8) is 0 Å². The zero-order chi connectivity index (χ0) is 12.1. The van der Waals surface area contributed by atoms with Gasteiger partial charge < -0.3 is 4.74 Å². The van der Waals surface area contributed by atoms with Gasteiger partial charge in [0.2, 0.25) is 5.70 Å². The number of allylic oxidation sites excluding steroid dienone is 4. The predicted molar refractivity (Wildman–Crippen MR) is 58.1 cm³/mol. The SMILES string of the molecule is COC(=O)CCC1C=CC=C([N+](=O)[O-])C1C. The van der Waals surface area contributed by atoms with Crippen LogP contribution < -0.4 is 0 Å². The molecule has 0 heterocycles. The number of hydrogen-bond donors (Lipinski definition) is 0. The maximum Gasteiger partial charge on any atom is 0.305 e. The van der Waals surface area contributed by atoms with Crippen LogP contribution in [0.5, 0.6) is 0 Å². The van der Waals surface area contributed by atoms with Crippen LogP contribution in [-0.2, 0) is 9.53 Å². The van der Waals surface area contributed by atoms with Gasteiger partial charge in [-0.15, -0.1) is 0 Å². The summed E-state index contributed by atoms with van der Waals surface area (Å²) in [6.07, 6.45) is 5.97. The summed E-state index contributed by atoms with van der Waals surface area (Å²) >= 11 is 0. The molecule has 5 heteroatoms. The van der Waals surface area contributed by atoms with Gasteiger partial charge in [-0.3, -0.25) is 14.9 Å². The van der Waals surface area contributed by atoms with Crippen LogP contribution in [0.25, 0.3) is 0 Å². The second kappa shape index (κ2) is 5.44. The molecule has 0 bridgehead atoms. The standard InChI is InChI=1S/C11H15NO4/c1-8-9(6-7-11(13)16-2)4-3-5-10(8)12(14)15/h3-5,8-9H,6-7H2,1-2H3. The van der Waals surface area contributed by atoms with Gasteiger partial charge in [0.25, 0.3) is 0 Å². The molecule has 2 atom stereocenters. The molecule has 88 valence electrons. The van der Waals surface area contributed by atoms with Crippen LogP contribution in [0.2, 0.25) is 0 Å². The first-order chi connectivity index (χ1) is 7.56. The molecule has 0 fully saturated rings. The van der Waals surface area contributed by atoms with Gasteiger partial charge in [0.05, 0.1) is 18.0 Å². The van der Waals surface area contributed by atoms with E-state index in [1.165, 1.54) is 13.2 Å². The van der Waals surface area contributed by atoms with Crippen molar-refractivity contribution in [3.8, 4) is 0 Å². The van der Waals surface area contributed by atoms with Crippen LogP contribution in [0.3, 0.4) is 0 Å². The van der Waals surface area contributed by atoms with Crippen molar-refractivity contribution in [1.29, 1.82) is 0 Å². The average molecular weight is 225 g/mol. The zero-order valence-corrected chi connectivity index (χ0v) is 9.38. The lowest BCUT2D eigenvalue weighted by Crippen LogP contribution is -2.20. The maximum atomic E-state index is 11.0. The highest BCUT2D eigenvalue weighted by molar-refractivity contribution is 5.69. The lowest BCUT2D eigenvalue weighted by Gasteiger charge is -2.20. The number of esters is 1. The molecule has 0 spiro atoms. The first kappa shape index (κ1) is 12.4. The third-order valence-corrected chi connectivity index (χ3v) is 2.85. The molecule has 16 heavy (non-hydrogen) atoms. The Balaban J connectivity index is 2.58. The third kappa shape index (κ3) is 2.92. The highest BCUT2D eigenvalue weighted by atomic mass is 16.6. The van der Waals surface area contributed by atoms with Gasteiger partial charge in [-0.2, -0.15) is 0 Å². The Morgan fingerprint density at radius 1 is 1.62 bits per heavy atom. The number of carbonyl (C=O) groups excluding carboxylic acids is 1. The second-order valence-corrected chi connectivity index (χ2v) is 3.80. The van der Waals surface area contributed by atoms with Crippen LogP contribution in [0.15, 0.2) is 23.9 Å². The van der Waals surface area contributed by atoms with E-state index in [0.29, 0.717) is 12.8 Å². The Bertz CT molecular complexity index is 346. The van der Waals surface area contributed by atoms with E-state index in [-0.39, 0.29) is 28.4 Å². The number of ether oxygens (including phenoxy) is 1. The molecule has 0 amide bonds. The monoisotopic (exact) mass is 225 g/mol. The quantitative estimate of drug-likeness (QED) is 0.416. The van der Waals surface area contributed by atoms with Gasteiger partial charge in [0.15, 0.2) is 0 Å². The van der Waals surface area contributed by atoms with Gasteiger partial charge in [0, 0.05) is 12.5 Å². The largest absolute Gasteiger partial charge is 0.469 e. The Hall–Kier alpha value is -1.65. The summed E-state index contributed by atoms with van der Waals surface area (Å²) in [4.78, 5) is 21.3. The lowest BCUT2D eigenvalue weighted by molar-refractivity contribution is -0.434. The van der Waals surface area contributed by atoms with Gasteiger partial charge in [-0.25, -0.2) is 0 Å². The van der Waals surface area contributed by atoms with Gasteiger partial charge >= 0.3 is 5.97 Å². The molecule has 1 aliphatic rings. The summed E-state index contributed by atoms with van der Waals surface area (Å²) in [6, 6.07) is 0. The molecule has 0 radical (unpaired) electrons. The molecule has 0 saturated heterocycles. The van der Waals surface area contributed by atoms with E-state index in [1.54, 1.807) is 13.0 Å². The summed E-state index contributed by atoms with van der Waals surface area (Å²) in [5, 5.41) is 10.7. The molecule has 5 nitrogen and oxygen atoms in total. The predicted octanol–water partition coefficient (Wildman–Crippen LogP) is 1.92. The van der Waals surface area contributed by atoms with E-state index in [9.17, 15) is 14.9 Å². The highest BCUT2D eigenvalue weighted by Crippen LogP contribution is 2.29. The van der Waals surface area contributed by atoms with Crippen molar-refractivity contribution >= 4 is 5.97 Å². The topological polar surface area (TPSA) is 69.4 Å². The van der Waals surface area contributed by atoms with Crippen LogP contribution in [0.4, 0.5) is 0 Å². The highest BCUT2D eigenvalue weighted by Gasteiger charge is 2.29. The number of methoxy groups -OCH3 is 1. The summed E-state index contributed by atoms with van der Waals surface area (Å²) in [5.74, 6) is -0.410. The van der Waals surface area contributed by atoms with E-state index < -0.39 is 0 Å². The van der Waals surface area contributed by atoms with Gasteiger partial charge in [-0.05, 0) is 12.3 Å². The number of rotatable bonds is 4. The fourth-order valence-electron chi connectivity index (χ4n) is 1.79. The maximum absolute atomic E-state index is 11.0. The van der Waals surface area contributed by atoms with Crippen LogP contribution in [-0.4, -0.2) is 18.0 Å². The molecule has 0 aliphatic heterocycles. The van der Waals surface area contributed by atoms with E-state index in [1.807, 2.05) is 6.08 Å². The van der Waals surface area contributed by atoms with Crippen molar-refractivity contribution in [1.82, 2.24) is 0 Å². The van der Waals surface area contributed by atoms with Gasteiger partial charge in [-0.1, -0.05) is 19.1 Å². The molecule has 0 aromatic carbocycles. The van der Waals surface area contributed by atoms with Crippen LogP contribution in [0, 0.1) is 22.0 Å². The first-order valence-corrected chi connectivity index (χ1v) is 5.16. The number of nitro groups is 1. The van der Waals surface area contributed by atoms with Crippen molar-refractivity contribution in [2.24, 2.45) is 11.8 Å². The summed E-state index contributed by atoms with van der Waals surface area (Å²) in [7, 11) is 1.34. The summed E-state index contributed by atoms with van der Waals surface area (Å²) in [5.41, 5.74) is 0.206. The van der Waals surface area contributed by atoms with Crippen molar-refractivity contribution in [3.05, 3.63) is 34.0 Å². The average Bonchev–Trinajstić information content (AvgIpc) is 2.26. The van der Waals surface area contributed by atoms with Crippen LogP contribution in [0.1, 0.15) is 19.8 Å². The van der Waals surface area contributed by atoms with Crippen molar-refractivity contribution in [2.45, 2.75) is 19.8 Å². The first-order valence-electron chi connectivity index (χ1n) is 5.16. The summed E-state index contributed by atoms with van der Waals surface area (Å²) < 4.78 is 4.54. The Morgan fingerprint density at radius 2 is 2.31 bits per heavy atom. The molecular weight excluding hydrogens is 210 g/mol. The Labute approximate surface area is 93.9 Å². The van der Waals surface area contributed by atoms with E-state index in [4.69, 9.17) is 0 Å². The third-order valence-electron chi connectivity index (χ3n) is 2.85. The minimum atomic E-state index is -0.362. The number of carbonyl (C=O) groups is 1. The number of nitrogens with zero attached hydrogens (tertiary/aromatic N) is 1. The van der Waals surface area contributed by atoms with E-state index in [2.05, 4.69) is 4.74 Å². The molecule has 1 rings (SSSR count). The summed E-state index contributed by atoms with van der Waals surface area (Å²) in [6.45, 7) is 1.81. The molecular formula is C11H15NO4. The Kier molecular flexibility index (Phi) is 4.22. The van der Waals surface area contributed by atoms with E-state index in [0.717, 1.165) is 0 Å². The fraction of sp³-hybridized carbons (Fsp3) is 0.545. The molecule has 0 saturated carbocycles. The number of hydrogen-bond acceptors (Lipinski definition) is 4. The minimum absolute atomic E-state index is 0.0319.